The highest BCUT2D eigenvalue weighted by Crippen LogP contribution is 2.39. The van der Waals surface area contributed by atoms with Crippen molar-refractivity contribution in [1.82, 2.24) is 9.97 Å². The maximum Gasteiger partial charge on any atom is 0.0791 e. The van der Waals surface area contributed by atoms with Crippen LogP contribution in [-0.4, -0.2) is 9.97 Å². The lowest BCUT2D eigenvalue weighted by Crippen LogP contribution is -1.87. The highest BCUT2D eigenvalue weighted by atomic mass is 32.2. The largest absolute Gasteiger partial charge is 0.256 e. The van der Waals surface area contributed by atoms with E-state index in [4.69, 9.17) is 0 Å². The first-order valence-corrected chi connectivity index (χ1v) is 10.4. The van der Waals surface area contributed by atoms with E-state index in [-0.39, 0.29) is 0 Å². The van der Waals surface area contributed by atoms with Gasteiger partial charge in [0.2, 0.25) is 0 Å². The number of pyridine rings is 2. The normalized spacial score (nSPS) is 11.6. The van der Waals surface area contributed by atoms with Gasteiger partial charge in [-0.15, -0.1) is 0 Å². The second-order valence-corrected chi connectivity index (χ2v) is 8.17. The Hall–Kier alpha value is -3.43. The molecule has 0 radical (unpaired) electrons. The van der Waals surface area contributed by atoms with Crippen molar-refractivity contribution in [3.8, 4) is 0 Å². The first kappa shape index (κ1) is 16.5. The van der Waals surface area contributed by atoms with E-state index in [1.54, 1.807) is 11.8 Å². The summed E-state index contributed by atoms with van der Waals surface area (Å²) in [4.78, 5) is 11.8. The van der Waals surface area contributed by atoms with Crippen molar-refractivity contribution < 1.29 is 0 Å². The minimum atomic E-state index is 1.05. The molecule has 0 N–H and O–H groups in total. The fourth-order valence-electron chi connectivity index (χ4n) is 4.02. The van der Waals surface area contributed by atoms with E-state index in [0.717, 1.165) is 11.0 Å². The molecule has 0 aliphatic heterocycles. The van der Waals surface area contributed by atoms with Crippen LogP contribution in [0, 0.1) is 0 Å². The number of aromatic nitrogens is 2. The van der Waals surface area contributed by atoms with E-state index >= 15 is 0 Å². The van der Waals surface area contributed by atoms with Crippen molar-refractivity contribution >= 4 is 55.1 Å². The number of rotatable bonds is 2. The van der Waals surface area contributed by atoms with Crippen LogP contribution in [0.3, 0.4) is 0 Å². The number of benzene rings is 4. The molecule has 2 nitrogen and oxygen atoms in total. The molecule has 0 unspecified atom stereocenters. The molecule has 2 heterocycles. The number of hydrogen-bond donors (Lipinski definition) is 0. The summed E-state index contributed by atoms with van der Waals surface area (Å²) in [5, 5.41) is 7.19. The smallest absolute Gasteiger partial charge is 0.0791 e. The van der Waals surface area contributed by atoms with Crippen LogP contribution in [-0.2, 0) is 0 Å². The van der Waals surface area contributed by atoms with Crippen LogP contribution >= 0.6 is 11.8 Å². The number of fused-ring (bicyclic) bond motifs is 6. The second kappa shape index (κ2) is 6.57. The molecule has 6 aromatic rings. The minimum Gasteiger partial charge on any atom is -0.256 e. The Morgan fingerprint density at radius 1 is 0.448 bits per heavy atom. The van der Waals surface area contributed by atoms with Crippen molar-refractivity contribution in [3.63, 3.8) is 0 Å². The van der Waals surface area contributed by atoms with Gasteiger partial charge in [0.1, 0.15) is 0 Å². The maximum atomic E-state index is 4.69. The maximum absolute atomic E-state index is 4.69. The van der Waals surface area contributed by atoms with E-state index in [1.165, 1.54) is 42.1 Å². The standard InChI is InChI=1S/C26H16N2S/c1-3-7-19-17(5-1)9-11-21-23(13-15-27-25(19)21)29-24-14-16-28-26-20-8-4-2-6-18(20)10-12-22(24)26/h1-16H. The molecule has 29 heavy (non-hydrogen) atoms. The van der Waals surface area contributed by atoms with Gasteiger partial charge in [0, 0.05) is 43.7 Å². The first-order chi connectivity index (χ1) is 14.4. The van der Waals surface area contributed by atoms with Gasteiger partial charge in [0.15, 0.2) is 0 Å². The fourth-order valence-corrected chi connectivity index (χ4v) is 5.07. The van der Waals surface area contributed by atoms with Crippen molar-refractivity contribution in [2.45, 2.75) is 9.79 Å². The van der Waals surface area contributed by atoms with Crippen molar-refractivity contribution in [2.24, 2.45) is 0 Å². The van der Waals surface area contributed by atoms with E-state index in [2.05, 4.69) is 94.9 Å². The quantitative estimate of drug-likeness (QED) is 0.292. The Morgan fingerprint density at radius 2 is 0.931 bits per heavy atom. The van der Waals surface area contributed by atoms with Crippen LogP contribution < -0.4 is 0 Å². The van der Waals surface area contributed by atoms with Gasteiger partial charge in [-0.25, -0.2) is 0 Å². The Kier molecular flexibility index (Phi) is 3.74. The van der Waals surface area contributed by atoms with Crippen LogP contribution in [0.5, 0.6) is 0 Å². The molecule has 2 aromatic heterocycles. The highest BCUT2D eigenvalue weighted by Gasteiger charge is 2.11. The first-order valence-electron chi connectivity index (χ1n) is 9.59. The van der Waals surface area contributed by atoms with Crippen molar-refractivity contribution in [3.05, 3.63) is 97.3 Å². The van der Waals surface area contributed by atoms with Gasteiger partial charge in [0.05, 0.1) is 11.0 Å². The summed E-state index contributed by atoms with van der Waals surface area (Å²) in [7, 11) is 0. The molecule has 3 heteroatoms. The average Bonchev–Trinajstić information content (AvgIpc) is 2.79. The molecule has 0 spiro atoms. The van der Waals surface area contributed by atoms with Gasteiger partial charge >= 0.3 is 0 Å². The molecule has 0 saturated heterocycles. The zero-order valence-electron chi connectivity index (χ0n) is 15.5. The average molecular weight is 388 g/mol. The third kappa shape index (κ3) is 2.66. The molecule has 136 valence electrons. The van der Waals surface area contributed by atoms with Gasteiger partial charge in [-0.3, -0.25) is 9.97 Å². The van der Waals surface area contributed by atoms with Gasteiger partial charge in [-0.05, 0) is 22.9 Å². The monoisotopic (exact) mass is 388 g/mol. The zero-order chi connectivity index (χ0) is 19.2. The van der Waals surface area contributed by atoms with Crippen molar-refractivity contribution in [1.29, 1.82) is 0 Å². The lowest BCUT2D eigenvalue weighted by Gasteiger charge is -2.11. The molecule has 0 fully saturated rings. The third-order valence-electron chi connectivity index (χ3n) is 5.41. The molecule has 4 aromatic carbocycles. The molecule has 0 amide bonds. The molecule has 0 atom stereocenters. The van der Waals surface area contributed by atoms with Crippen LogP contribution in [0.2, 0.25) is 0 Å². The van der Waals surface area contributed by atoms with E-state index in [9.17, 15) is 0 Å². The molecular weight excluding hydrogens is 372 g/mol. The van der Waals surface area contributed by atoms with E-state index < -0.39 is 0 Å². The Labute approximate surface area is 172 Å². The third-order valence-corrected chi connectivity index (χ3v) is 6.56. The SMILES string of the molecule is c1ccc2c(c1)ccc1c(Sc3ccnc4c3ccc3ccccc34)ccnc12. The number of nitrogens with zero attached hydrogens (tertiary/aromatic N) is 2. The van der Waals surface area contributed by atoms with Gasteiger partial charge in [0.25, 0.3) is 0 Å². The van der Waals surface area contributed by atoms with Crippen LogP contribution in [0.15, 0.2) is 107 Å². The minimum absolute atomic E-state index is 1.05. The molecule has 0 aliphatic carbocycles. The summed E-state index contributed by atoms with van der Waals surface area (Å²) in [5.41, 5.74) is 2.11. The molecule has 0 bridgehead atoms. The molecular formula is C26H16N2S. The summed E-state index contributed by atoms with van der Waals surface area (Å²) < 4.78 is 0. The van der Waals surface area contributed by atoms with Gasteiger partial charge in [-0.2, -0.15) is 0 Å². The topological polar surface area (TPSA) is 25.8 Å². The lowest BCUT2D eigenvalue weighted by molar-refractivity contribution is 1.34. The van der Waals surface area contributed by atoms with Crippen molar-refractivity contribution in [2.75, 3.05) is 0 Å². The van der Waals surface area contributed by atoms with E-state index in [0.29, 0.717) is 0 Å². The molecule has 6 rings (SSSR count). The Morgan fingerprint density at radius 3 is 1.45 bits per heavy atom. The second-order valence-electron chi connectivity index (χ2n) is 7.09. The lowest BCUT2D eigenvalue weighted by atomic mass is 10.1. The molecule has 0 saturated carbocycles. The summed E-state index contributed by atoms with van der Waals surface area (Å²) in [5.74, 6) is 0. The Balaban J connectivity index is 1.56. The van der Waals surface area contributed by atoms with Gasteiger partial charge in [-0.1, -0.05) is 84.6 Å². The predicted octanol–water partition coefficient (Wildman–Crippen LogP) is 7.24. The summed E-state index contributed by atoms with van der Waals surface area (Å²) >= 11 is 1.78. The predicted molar refractivity (Wildman–Crippen MR) is 123 cm³/mol. The Bertz CT molecular complexity index is 1420. The highest BCUT2D eigenvalue weighted by molar-refractivity contribution is 7.99. The van der Waals surface area contributed by atoms with Crippen LogP contribution in [0.4, 0.5) is 0 Å². The van der Waals surface area contributed by atoms with Crippen LogP contribution in [0.25, 0.3) is 43.4 Å². The summed E-state index contributed by atoms with van der Waals surface area (Å²) in [6.45, 7) is 0. The zero-order valence-corrected chi connectivity index (χ0v) is 16.4. The van der Waals surface area contributed by atoms with Crippen LogP contribution in [0.1, 0.15) is 0 Å². The molecule has 0 aliphatic rings. The number of hydrogen-bond acceptors (Lipinski definition) is 3. The van der Waals surface area contributed by atoms with Gasteiger partial charge < -0.3 is 0 Å². The summed E-state index contributed by atoms with van der Waals surface area (Å²) in [6, 6.07) is 29.8. The van der Waals surface area contributed by atoms with E-state index in [1.807, 2.05) is 12.4 Å². The fraction of sp³-hybridized carbons (Fsp3) is 0. The summed E-state index contributed by atoms with van der Waals surface area (Å²) in [6.07, 6.45) is 3.83.